The van der Waals surface area contributed by atoms with E-state index in [0.717, 1.165) is 5.56 Å². The van der Waals surface area contributed by atoms with E-state index in [1.165, 1.54) is 0 Å². The normalized spacial score (nSPS) is 49.3. The van der Waals surface area contributed by atoms with Crippen LogP contribution in [0.4, 0.5) is 0 Å². The number of nitrogens with zero attached hydrogens (tertiary/aromatic N) is 1. The Morgan fingerprint density at radius 3 is 3.27 bits per heavy atom. The van der Waals surface area contributed by atoms with Crippen molar-refractivity contribution in [2.24, 2.45) is 5.92 Å². The van der Waals surface area contributed by atoms with Crippen molar-refractivity contribution in [3.8, 4) is 11.5 Å². The van der Waals surface area contributed by atoms with Gasteiger partial charge in [-0.2, -0.15) is 0 Å². The molecule has 4 heteroatoms. The average Bonchev–Trinajstić information content (AvgIpc) is 2.98. The van der Waals surface area contributed by atoms with Crippen molar-refractivity contribution in [1.82, 2.24) is 4.90 Å². The van der Waals surface area contributed by atoms with Gasteiger partial charge in [0.25, 0.3) is 0 Å². The lowest BCUT2D eigenvalue weighted by Gasteiger charge is -2.56. The zero-order chi connectivity index (χ0) is 18.5. The number of benzene rings is 1. The molecule has 0 aromatic heterocycles. The summed E-state index contributed by atoms with van der Waals surface area (Å²) in [6.07, 6.45) is 1.43. The third-order valence-corrected chi connectivity index (χ3v) is 5.74. The van der Waals surface area contributed by atoms with Gasteiger partial charge in [-0.25, -0.2) is 0 Å². The standard InChI is InChI=1S/C18H21NO3/c1-19-8-7-18-11-4-5-13(20)17(18)22-16-14(21-2)6-3-10(15(16)18)9-12(11)19/h3-6,11-13,17,20H,7-9H2,1-2H3/t11-,12+,13?,17?,18-/m0/s1/i9D2,12D,20D. The number of piperidine rings is 1. The van der Waals surface area contributed by atoms with Crippen molar-refractivity contribution >= 4 is 0 Å². The molecule has 1 spiro atoms. The van der Waals surface area contributed by atoms with Crippen LogP contribution in [0.25, 0.3) is 0 Å². The maximum atomic E-state index is 9.27. The summed E-state index contributed by atoms with van der Waals surface area (Å²) in [6.45, 7) is 0.577. The summed E-state index contributed by atoms with van der Waals surface area (Å²) in [5.74, 6) is 0.699. The molecule has 2 heterocycles. The Kier molecular flexibility index (Phi) is 1.77. The number of aliphatic hydroxyl groups excluding tert-OH is 1. The molecular weight excluding hydrogens is 278 g/mol. The number of aliphatic hydroxyl groups is 1. The van der Waals surface area contributed by atoms with E-state index in [1.807, 2.05) is 18.0 Å². The van der Waals surface area contributed by atoms with Crippen LogP contribution in [-0.4, -0.2) is 50.4 Å². The van der Waals surface area contributed by atoms with Gasteiger partial charge in [-0.15, -0.1) is 0 Å². The molecule has 1 aromatic rings. The van der Waals surface area contributed by atoms with E-state index in [2.05, 4.69) is 0 Å². The van der Waals surface area contributed by atoms with E-state index in [0.29, 0.717) is 30.0 Å². The van der Waals surface area contributed by atoms with E-state index >= 15 is 0 Å². The van der Waals surface area contributed by atoms with Gasteiger partial charge in [0.15, 0.2) is 11.5 Å². The van der Waals surface area contributed by atoms with Crippen LogP contribution in [0.5, 0.6) is 11.5 Å². The average molecular weight is 303 g/mol. The second-order valence-corrected chi connectivity index (χ2v) is 6.61. The van der Waals surface area contributed by atoms with Crippen molar-refractivity contribution in [3.63, 3.8) is 0 Å². The van der Waals surface area contributed by atoms with Crippen molar-refractivity contribution in [2.75, 3.05) is 20.7 Å². The van der Waals surface area contributed by atoms with E-state index in [9.17, 15) is 1.37 Å². The summed E-state index contributed by atoms with van der Waals surface area (Å²) >= 11 is 0. The lowest BCUT2D eigenvalue weighted by atomic mass is 9.53. The van der Waals surface area contributed by atoms with Gasteiger partial charge in [0.2, 0.25) is 1.43 Å². The molecule has 116 valence electrons. The topological polar surface area (TPSA) is 41.9 Å². The van der Waals surface area contributed by atoms with Crippen molar-refractivity contribution < 1.29 is 18.7 Å². The fourth-order valence-corrected chi connectivity index (χ4v) is 4.75. The SMILES string of the molecule is [2H]OC1C=C[C@@H]2[C@@]34CCN(C)[C@]2([2H])C([2H])([2H])c2ccc(OC)c(c23)OC14. The second kappa shape index (κ2) is 4.06. The Morgan fingerprint density at radius 2 is 2.45 bits per heavy atom. The molecule has 4 aliphatic rings. The van der Waals surface area contributed by atoms with Crippen molar-refractivity contribution in [3.05, 3.63) is 35.4 Å². The molecule has 1 fully saturated rings. The Labute approximate surface area is 136 Å². The first-order valence-electron chi connectivity index (χ1n) is 9.65. The molecule has 4 nitrogen and oxygen atoms in total. The number of methoxy groups -OCH3 is 1. The molecule has 1 saturated heterocycles. The zero-order valence-electron chi connectivity index (χ0n) is 16.6. The highest BCUT2D eigenvalue weighted by Crippen LogP contribution is 2.62. The Morgan fingerprint density at radius 1 is 1.55 bits per heavy atom. The number of hydrogen-bond acceptors (Lipinski definition) is 4. The third-order valence-electron chi connectivity index (χ3n) is 5.74. The lowest BCUT2D eigenvalue weighted by Crippen LogP contribution is -2.64. The molecule has 0 amide bonds. The van der Waals surface area contributed by atoms with Crippen LogP contribution in [0, 0.1) is 5.92 Å². The summed E-state index contributed by atoms with van der Waals surface area (Å²) in [5, 5.41) is 4.95. The molecule has 2 aliphatic heterocycles. The Hall–Kier alpha value is -1.52. The van der Waals surface area contributed by atoms with Gasteiger partial charge in [-0.1, -0.05) is 18.2 Å². The predicted octanol–water partition coefficient (Wildman–Crippen LogP) is 1.50. The second-order valence-electron chi connectivity index (χ2n) is 6.61. The van der Waals surface area contributed by atoms with Gasteiger partial charge < -0.3 is 19.5 Å². The fraction of sp³-hybridized carbons (Fsp3) is 0.556. The predicted molar refractivity (Wildman–Crippen MR) is 82.5 cm³/mol. The summed E-state index contributed by atoms with van der Waals surface area (Å²) in [7, 11) is 3.38. The van der Waals surface area contributed by atoms with Gasteiger partial charge in [-0.3, -0.25) is 0 Å². The summed E-state index contributed by atoms with van der Waals surface area (Å²) < 4.78 is 46.4. The largest absolute Gasteiger partial charge is 0.493 e. The number of likely N-dealkylation sites (tertiary alicyclic amines) is 1. The zero-order valence-corrected chi connectivity index (χ0v) is 12.6. The molecule has 2 bridgehead atoms. The van der Waals surface area contributed by atoms with E-state index in [1.54, 1.807) is 25.3 Å². The summed E-state index contributed by atoms with van der Waals surface area (Å²) in [4.78, 5) is 1.82. The summed E-state index contributed by atoms with van der Waals surface area (Å²) in [6, 6.07) is 1.99. The van der Waals surface area contributed by atoms with Gasteiger partial charge in [0, 0.05) is 27.0 Å². The first-order chi connectivity index (χ1) is 12.3. The molecule has 0 radical (unpaired) electrons. The third kappa shape index (κ3) is 1.28. The molecule has 1 N–H and O–H groups in total. The molecular formula is C18H21NO3. The molecule has 1 aromatic carbocycles. The smallest absolute Gasteiger partial charge is 0.211 e. The van der Waals surface area contributed by atoms with Crippen LogP contribution in [0.15, 0.2) is 24.3 Å². The molecule has 2 unspecified atom stereocenters. The fourth-order valence-electron chi connectivity index (χ4n) is 4.75. The van der Waals surface area contributed by atoms with Crippen molar-refractivity contribution in [2.45, 2.75) is 36.4 Å². The first-order valence-corrected chi connectivity index (χ1v) is 7.74. The van der Waals surface area contributed by atoms with Gasteiger partial charge in [-0.05, 0) is 38.0 Å². The highest BCUT2D eigenvalue weighted by Gasteiger charge is 2.64. The maximum absolute atomic E-state index is 9.27. The van der Waals surface area contributed by atoms with E-state index < -0.39 is 35.9 Å². The highest BCUT2D eigenvalue weighted by molar-refractivity contribution is 5.62. The number of rotatable bonds is 2. The van der Waals surface area contributed by atoms with E-state index in [4.69, 9.17) is 18.8 Å². The quantitative estimate of drug-likeness (QED) is 0.841. The van der Waals surface area contributed by atoms with Crippen LogP contribution in [0.2, 0.25) is 0 Å². The lowest BCUT2D eigenvalue weighted by molar-refractivity contribution is -0.0453. The maximum Gasteiger partial charge on any atom is 0.211 e. The Bertz CT molecular complexity index is 831. The van der Waals surface area contributed by atoms with Crippen LogP contribution in [0.3, 0.4) is 0 Å². The number of likely N-dealkylation sites (N-methyl/N-ethyl adjacent to an activating group) is 1. The van der Waals surface area contributed by atoms with Gasteiger partial charge >= 0.3 is 0 Å². The summed E-state index contributed by atoms with van der Waals surface area (Å²) in [5.41, 5.74) is 0.714. The minimum absolute atomic E-state index is 0.402. The molecule has 22 heavy (non-hydrogen) atoms. The van der Waals surface area contributed by atoms with Crippen LogP contribution < -0.4 is 9.47 Å². The minimum Gasteiger partial charge on any atom is -0.493 e. The molecule has 2 aliphatic carbocycles. The minimum atomic E-state index is -1.88. The molecule has 0 saturated carbocycles. The van der Waals surface area contributed by atoms with Gasteiger partial charge in [0.05, 0.1) is 7.11 Å². The number of ether oxygens (including phenoxy) is 2. The van der Waals surface area contributed by atoms with Crippen LogP contribution in [-0.2, 0) is 11.8 Å². The highest BCUT2D eigenvalue weighted by atomic mass is 16.5. The number of hydrogen-bond donors (Lipinski definition) is 1. The van der Waals surface area contributed by atoms with Crippen LogP contribution >= 0.6 is 0 Å². The van der Waals surface area contributed by atoms with Gasteiger partial charge in [0.1, 0.15) is 12.2 Å². The van der Waals surface area contributed by atoms with E-state index in [-0.39, 0.29) is 0 Å². The van der Waals surface area contributed by atoms with Crippen LogP contribution in [0.1, 0.15) is 21.7 Å². The monoisotopic (exact) mass is 303 g/mol. The Balaban J connectivity index is 1.90. The first kappa shape index (κ1) is 9.58. The molecule has 5 rings (SSSR count). The van der Waals surface area contributed by atoms with Crippen molar-refractivity contribution in [1.29, 1.82) is 1.43 Å². The molecule has 5 atom stereocenters.